The number of hydrazine groups is 1. The van der Waals surface area contributed by atoms with Gasteiger partial charge in [-0.3, -0.25) is 15.8 Å². The molecule has 94 valence electrons. The Bertz CT molecular complexity index is 677. The molecule has 0 radical (unpaired) electrons. The molecule has 1 aromatic carbocycles. The summed E-state index contributed by atoms with van der Waals surface area (Å²) in [6.45, 7) is 0. The lowest BCUT2D eigenvalue weighted by atomic mass is 9.99. The van der Waals surface area contributed by atoms with Gasteiger partial charge in [-0.25, -0.2) is 5.43 Å². The zero-order chi connectivity index (χ0) is 13.1. The number of benzene rings is 1. The van der Waals surface area contributed by atoms with Crippen LogP contribution in [-0.2, 0) is 0 Å². The van der Waals surface area contributed by atoms with Crippen LogP contribution in [0, 0.1) is 0 Å². The summed E-state index contributed by atoms with van der Waals surface area (Å²) < 4.78 is 0. The molecular formula is C15H14N4. The average Bonchev–Trinajstić information content (AvgIpc) is 2.49. The number of aromatic nitrogens is 2. The van der Waals surface area contributed by atoms with Gasteiger partial charge in [0.2, 0.25) is 0 Å². The standard InChI is InChI=1S/C15H14N4/c16-19-15(14-7-1-2-9-18-14)12-5-3-8-13-11(12)6-4-10-17-13/h1-10,15,19H,16H2. The van der Waals surface area contributed by atoms with Crippen LogP contribution in [0.1, 0.15) is 17.3 Å². The third kappa shape index (κ3) is 2.19. The minimum Gasteiger partial charge on any atom is -0.271 e. The van der Waals surface area contributed by atoms with Crippen molar-refractivity contribution in [3.8, 4) is 0 Å². The SMILES string of the molecule is NNC(c1ccccn1)c1cccc2ncccc12. The molecule has 1 atom stereocenters. The lowest BCUT2D eigenvalue weighted by molar-refractivity contribution is 0.624. The molecule has 0 aliphatic rings. The predicted molar refractivity (Wildman–Crippen MR) is 75.1 cm³/mol. The molecular weight excluding hydrogens is 236 g/mol. The van der Waals surface area contributed by atoms with Crippen molar-refractivity contribution in [3.63, 3.8) is 0 Å². The first-order valence-electron chi connectivity index (χ1n) is 6.11. The molecule has 0 fully saturated rings. The Morgan fingerprint density at radius 1 is 0.895 bits per heavy atom. The van der Waals surface area contributed by atoms with Gasteiger partial charge in [0.25, 0.3) is 0 Å². The topological polar surface area (TPSA) is 63.8 Å². The Kier molecular flexibility index (Phi) is 3.18. The predicted octanol–water partition coefficient (Wildman–Crippen LogP) is 2.18. The second-order valence-corrected chi connectivity index (χ2v) is 4.27. The summed E-state index contributed by atoms with van der Waals surface area (Å²) in [6.07, 6.45) is 3.56. The van der Waals surface area contributed by atoms with Gasteiger partial charge in [-0.15, -0.1) is 0 Å². The van der Waals surface area contributed by atoms with E-state index in [9.17, 15) is 0 Å². The molecule has 0 saturated carbocycles. The van der Waals surface area contributed by atoms with E-state index in [-0.39, 0.29) is 6.04 Å². The van der Waals surface area contributed by atoms with Gasteiger partial charge in [0, 0.05) is 17.8 Å². The van der Waals surface area contributed by atoms with Crippen LogP contribution < -0.4 is 11.3 Å². The molecule has 3 aromatic rings. The molecule has 4 heteroatoms. The molecule has 0 spiro atoms. The maximum atomic E-state index is 5.72. The average molecular weight is 250 g/mol. The van der Waals surface area contributed by atoms with Gasteiger partial charge >= 0.3 is 0 Å². The van der Waals surface area contributed by atoms with Gasteiger partial charge in [-0.05, 0) is 29.8 Å². The van der Waals surface area contributed by atoms with Crippen molar-refractivity contribution in [2.24, 2.45) is 5.84 Å². The maximum absolute atomic E-state index is 5.72. The number of rotatable bonds is 3. The number of fused-ring (bicyclic) bond motifs is 1. The second-order valence-electron chi connectivity index (χ2n) is 4.27. The van der Waals surface area contributed by atoms with Gasteiger partial charge in [0.1, 0.15) is 0 Å². The molecule has 2 heterocycles. The first kappa shape index (κ1) is 11.8. The normalized spacial score (nSPS) is 12.5. The van der Waals surface area contributed by atoms with E-state index in [2.05, 4.69) is 15.4 Å². The van der Waals surface area contributed by atoms with Crippen LogP contribution in [0.2, 0.25) is 0 Å². The van der Waals surface area contributed by atoms with E-state index in [1.807, 2.05) is 48.5 Å². The summed E-state index contributed by atoms with van der Waals surface area (Å²) >= 11 is 0. The summed E-state index contributed by atoms with van der Waals surface area (Å²) in [6, 6.07) is 15.7. The van der Waals surface area contributed by atoms with Crippen molar-refractivity contribution in [1.29, 1.82) is 0 Å². The highest BCUT2D eigenvalue weighted by molar-refractivity contribution is 5.82. The van der Waals surface area contributed by atoms with Crippen molar-refractivity contribution in [2.75, 3.05) is 0 Å². The zero-order valence-electron chi connectivity index (χ0n) is 10.3. The van der Waals surface area contributed by atoms with Gasteiger partial charge < -0.3 is 0 Å². The van der Waals surface area contributed by atoms with Crippen molar-refractivity contribution >= 4 is 10.9 Å². The fourth-order valence-corrected chi connectivity index (χ4v) is 2.26. The molecule has 19 heavy (non-hydrogen) atoms. The Balaban J connectivity index is 2.17. The number of hydrogen-bond acceptors (Lipinski definition) is 4. The molecule has 0 bridgehead atoms. The fraction of sp³-hybridized carbons (Fsp3) is 0.0667. The molecule has 1 unspecified atom stereocenters. The first-order valence-corrected chi connectivity index (χ1v) is 6.11. The van der Waals surface area contributed by atoms with Crippen LogP contribution in [0.25, 0.3) is 10.9 Å². The summed E-state index contributed by atoms with van der Waals surface area (Å²) in [7, 11) is 0. The third-order valence-electron chi connectivity index (χ3n) is 3.14. The minimum atomic E-state index is -0.144. The Labute approximate surface area is 111 Å². The van der Waals surface area contributed by atoms with Crippen molar-refractivity contribution in [2.45, 2.75) is 6.04 Å². The van der Waals surface area contributed by atoms with Gasteiger partial charge in [0.15, 0.2) is 0 Å². The van der Waals surface area contributed by atoms with Crippen LogP contribution in [-0.4, -0.2) is 9.97 Å². The second kappa shape index (κ2) is 5.14. The number of nitrogens with one attached hydrogen (secondary N) is 1. The van der Waals surface area contributed by atoms with E-state index < -0.39 is 0 Å². The summed E-state index contributed by atoms with van der Waals surface area (Å²) in [5.41, 5.74) is 5.76. The summed E-state index contributed by atoms with van der Waals surface area (Å²) in [5, 5.41) is 1.08. The molecule has 0 amide bonds. The van der Waals surface area contributed by atoms with Crippen molar-refractivity contribution in [1.82, 2.24) is 15.4 Å². The largest absolute Gasteiger partial charge is 0.271 e. The highest BCUT2D eigenvalue weighted by atomic mass is 15.2. The van der Waals surface area contributed by atoms with E-state index in [0.29, 0.717) is 0 Å². The Morgan fingerprint density at radius 2 is 1.79 bits per heavy atom. The molecule has 4 nitrogen and oxygen atoms in total. The maximum Gasteiger partial charge on any atom is 0.0887 e. The Morgan fingerprint density at radius 3 is 2.58 bits per heavy atom. The molecule has 0 aliphatic heterocycles. The van der Waals surface area contributed by atoms with E-state index >= 15 is 0 Å². The zero-order valence-corrected chi connectivity index (χ0v) is 10.3. The monoisotopic (exact) mass is 250 g/mol. The lowest BCUT2D eigenvalue weighted by Gasteiger charge is -2.17. The van der Waals surface area contributed by atoms with Gasteiger partial charge in [0.05, 0.1) is 17.3 Å². The fourth-order valence-electron chi connectivity index (χ4n) is 2.26. The smallest absolute Gasteiger partial charge is 0.0887 e. The van der Waals surface area contributed by atoms with Crippen LogP contribution in [0.15, 0.2) is 60.9 Å². The van der Waals surface area contributed by atoms with Crippen LogP contribution in [0.5, 0.6) is 0 Å². The van der Waals surface area contributed by atoms with Crippen LogP contribution >= 0.6 is 0 Å². The van der Waals surface area contributed by atoms with Crippen molar-refractivity contribution in [3.05, 3.63) is 72.2 Å². The summed E-state index contributed by atoms with van der Waals surface area (Å²) in [5.74, 6) is 5.72. The minimum absolute atomic E-state index is 0.144. The van der Waals surface area contributed by atoms with E-state index in [0.717, 1.165) is 22.2 Å². The molecule has 3 rings (SSSR count). The molecule has 3 N–H and O–H groups in total. The number of hydrogen-bond donors (Lipinski definition) is 2. The third-order valence-corrected chi connectivity index (χ3v) is 3.14. The quantitative estimate of drug-likeness (QED) is 0.552. The van der Waals surface area contributed by atoms with E-state index in [1.165, 1.54) is 0 Å². The Hall–Kier alpha value is -2.30. The molecule has 0 saturated heterocycles. The summed E-state index contributed by atoms with van der Waals surface area (Å²) in [4.78, 5) is 8.73. The molecule has 0 aliphatic carbocycles. The lowest BCUT2D eigenvalue weighted by Crippen LogP contribution is -2.29. The van der Waals surface area contributed by atoms with E-state index in [1.54, 1.807) is 12.4 Å². The number of nitrogens with zero attached hydrogens (tertiary/aromatic N) is 2. The first-order chi connectivity index (χ1) is 9.40. The van der Waals surface area contributed by atoms with Gasteiger partial charge in [-0.2, -0.15) is 0 Å². The van der Waals surface area contributed by atoms with Crippen LogP contribution in [0.3, 0.4) is 0 Å². The van der Waals surface area contributed by atoms with Gasteiger partial charge in [-0.1, -0.05) is 24.3 Å². The number of pyridine rings is 2. The highest BCUT2D eigenvalue weighted by Gasteiger charge is 2.15. The highest BCUT2D eigenvalue weighted by Crippen LogP contribution is 2.26. The van der Waals surface area contributed by atoms with E-state index in [4.69, 9.17) is 5.84 Å². The number of nitrogens with two attached hydrogens (primary N) is 1. The van der Waals surface area contributed by atoms with Crippen molar-refractivity contribution < 1.29 is 0 Å². The van der Waals surface area contributed by atoms with Crippen LogP contribution in [0.4, 0.5) is 0 Å². The molecule has 2 aromatic heterocycles.